The molecule has 8 heteroatoms. The van der Waals surface area contributed by atoms with Crippen LogP contribution in [-0.2, 0) is 12.7 Å². The Morgan fingerprint density at radius 2 is 2.04 bits per heavy atom. The lowest BCUT2D eigenvalue weighted by atomic mass is 9.97. The van der Waals surface area contributed by atoms with Gasteiger partial charge in [-0.1, -0.05) is 18.2 Å². The molecule has 1 aliphatic rings. The zero-order valence-corrected chi connectivity index (χ0v) is 12.4. The van der Waals surface area contributed by atoms with E-state index in [1.807, 2.05) is 0 Å². The van der Waals surface area contributed by atoms with Gasteiger partial charge in [-0.25, -0.2) is 0 Å². The van der Waals surface area contributed by atoms with E-state index in [1.54, 1.807) is 17.9 Å². The van der Waals surface area contributed by atoms with Gasteiger partial charge in [-0.3, -0.25) is 4.90 Å². The van der Waals surface area contributed by atoms with Gasteiger partial charge in [-0.2, -0.15) is 13.2 Å². The van der Waals surface area contributed by atoms with Gasteiger partial charge in [-0.05, 0) is 18.1 Å². The maximum Gasteiger partial charge on any atom is 0.416 e. The number of halogens is 3. The van der Waals surface area contributed by atoms with E-state index in [2.05, 4.69) is 10.2 Å². The van der Waals surface area contributed by atoms with Crippen molar-refractivity contribution < 1.29 is 22.7 Å². The van der Waals surface area contributed by atoms with Gasteiger partial charge in [0.1, 0.15) is 0 Å². The number of nitrogens with zero attached hydrogens (tertiary/aromatic N) is 3. The normalized spacial score (nSPS) is 22.7. The summed E-state index contributed by atoms with van der Waals surface area (Å²) in [6, 6.07) is 4.91. The third kappa shape index (κ3) is 3.37. The van der Waals surface area contributed by atoms with E-state index in [1.165, 1.54) is 12.1 Å². The van der Waals surface area contributed by atoms with E-state index in [4.69, 9.17) is 4.42 Å². The molecular weight excluding hydrogens is 311 g/mol. The molecule has 124 valence electrons. The van der Waals surface area contributed by atoms with Crippen LogP contribution in [0.25, 0.3) is 0 Å². The lowest BCUT2D eigenvalue weighted by Crippen LogP contribution is -2.26. The molecular formula is C15H16F3N3O2. The number of aryl methyl sites for hydroxylation is 1. The van der Waals surface area contributed by atoms with Crippen LogP contribution in [0.3, 0.4) is 0 Å². The van der Waals surface area contributed by atoms with E-state index in [0.717, 1.165) is 6.07 Å². The van der Waals surface area contributed by atoms with Crippen LogP contribution in [0.1, 0.15) is 35.4 Å². The highest BCUT2D eigenvalue weighted by Gasteiger charge is 2.40. The number of β-amino-alcohol motifs (C(OH)–C–C–N with tert-alkyl or cyclic N) is 1. The average molecular weight is 327 g/mol. The Labute approximate surface area is 130 Å². The minimum absolute atomic E-state index is 0.160. The molecule has 23 heavy (non-hydrogen) atoms. The summed E-state index contributed by atoms with van der Waals surface area (Å²) >= 11 is 0. The van der Waals surface area contributed by atoms with Crippen molar-refractivity contribution in [1.29, 1.82) is 0 Å². The fourth-order valence-corrected chi connectivity index (χ4v) is 3.00. The number of likely N-dealkylation sites (tertiary alicyclic amines) is 1. The minimum Gasteiger partial charge on any atom is -0.424 e. The van der Waals surface area contributed by atoms with Crippen molar-refractivity contribution in [3.8, 4) is 0 Å². The first-order valence-corrected chi connectivity index (χ1v) is 7.22. The van der Waals surface area contributed by atoms with E-state index in [9.17, 15) is 18.3 Å². The Hall–Kier alpha value is -1.93. The molecule has 5 nitrogen and oxygen atoms in total. The molecule has 0 unspecified atom stereocenters. The Morgan fingerprint density at radius 3 is 2.70 bits per heavy atom. The smallest absolute Gasteiger partial charge is 0.416 e. The summed E-state index contributed by atoms with van der Waals surface area (Å²) < 4.78 is 45.0. The molecule has 3 rings (SSSR count). The molecule has 1 saturated heterocycles. The van der Waals surface area contributed by atoms with Gasteiger partial charge >= 0.3 is 6.18 Å². The molecule has 1 aliphatic heterocycles. The van der Waals surface area contributed by atoms with Crippen molar-refractivity contribution in [2.45, 2.75) is 38.2 Å². The highest BCUT2D eigenvalue weighted by atomic mass is 19.4. The summed E-state index contributed by atoms with van der Waals surface area (Å²) in [5.41, 5.74) is -0.515. The van der Waals surface area contributed by atoms with Crippen LogP contribution in [-0.4, -0.2) is 32.9 Å². The van der Waals surface area contributed by atoms with Gasteiger partial charge in [0.25, 0.3) is 0 Å². The van der Waals surface area contributed by atoms with Crippen molar-refractivity contribution in [3.63, 3.8) is 0 Å². The molecule has 0 radical (unpaired) electrons. The summed E-state index contributed by atoms with van der Waals surface area (Å²) in [4.78, 5) is 1.74. The number of aromatic nitrogens is 2. The molecule has 0 aliphatic carbocycles. The van der Waals surface area contributed by atoms with Crippen molar-refractivity contribution in [2.75, 3.05) is 6.54 Å². The number of rotatable bonds is 3. The van der Waals surface area contributed by atoms with Crippen molar-refractivity contribution in [3.05, 3.63) is 47.2 Å². The molecule has 0 spiro atoms. The number of hydrogen-bond acceptors (Lipinski definition) is 5. The monoisotopic (exact) mass is 327 g/mol. The van der Waals surface area contributed by atoms with E-state index in [-0.39, 0.29) is 25.1 Å². The van der Waals surface area contributed by atoms with Crippen LogP contribution in [0.2, 0.25) is 0 Å². The molecule has 1 fully saturated rings. The van der Waals surface area contributed by atoms with Gasteiger partial charge in [0.2, 0.25) is 11.8 Å². The molecule has 1 N–H and O–H groups in total. The minimum atomic E-state index is -4.43. The summed E-state index contributed by atoms with van der Waals surface area (Å²) in [7, 11) is 0. The third-order valence-corrected chi connectivity index (χ3v) is 3.91. The maximum atomic E-state index is 13.2. The molecule has 1 aromatic heterocycles. The fourth-order valence-electron chi connectivity index (χ4n) is 3.00. The molecule has 0 amide bonds. The van der Waals surface area contributed by atoms with Crippen LogP contribution in [0.4, 0.5) is 13.2 Å². The molecule has 2 heterocycles. The fraction of sp³-hybridized carbons (Fsp3) is 0.467. The first-order valence-electron chi connectivity index (χ1n) is 7.22. The number of alkyl halides is 3. The van der Waals surface area contributed by atoms with Crippen molar-refractivity contribution in [1.82, 2.24) is 15.1 Å². The van der Waals surface area contributed by atoms with Gasteiger partial charge in [0, 0.05) is 19.5 Å². The largest absolute Gasteiger partial charge is 0.424 e. The van der Waals surface area contributed by atoms with Crippen LogP contribution in [0, 0.1) is 6.92 Å². The molecule has 0 bridgehead atoms. The zero-order chi connectivity index (χ0) is 16.6. The standard InChI is InChI=1S/C15H16F3N3O2/c1-9-19-20-14(23-9)8-21-7-10(22)6-13(21)11-4-2-3-5-12(11)15(16,17)18/h2-5,10,13,22H,6-8H2,1H3/t10-,13+/m0/s1. The quantitative estimate of drug-likeness (QED) is 0.939. The highest BCUT2D eigenvalue weighted by molar-refractivity contribution is 5.33. The van der Waals surface area contributed by atoms with Gasteiger partial charge in [0.15, 0.2) is 0 Å². The van der Waals surface area contributed by atoms with Crippen molar-refractivity contribution >= 4 is 0 Å². The zero-order valence-electron chi connectivity index (χ0n) is 12.4. The second-order valence-corrected chi connectivity index (χ2v) is 5.63. The topological polar surface area (TPSA) is 62.4 Å². The molecule has 2 aromatic rings. The summed E-state index contributed by atoms with van der Waals surface area (Å²) in [5.74, 6) is 0.720. The SMILES string of the molecule is Cc1nnc(CN2C[C@@H](O)C[C@@H]2c2ccccc2C(F)(F)F)o1. The predicted octanol–water partition coefficient (Wildman–Crippen LogP) is 2.70. The van der Waals surface area contributed by atoms with Crippen LogP contribution in [0.15, 0.2) is 28.7 Å². The Balaban J connectivity index is 1.91. The second kappa shape index (κ2) is 5.93. The van der Waals surface area contributed by atoms with E-state index in [0.29, 0.717) is 11.8 Å². The van der Waals surface area contributed by atoms with Gasteiger partial charge < -0.3 is 9.52 Å². The number of benzene rings is 1. The van der Waals surface area contributed by atoms with Crippen LogP contribution in [0.5, 0.6) is 0 Å². The van der Waals surface area contributed by atoms with E-state index < -0.39 is 23.9 Å². The molecule has 0 saturated carbocycles. The maximum absolute atomic E-state index is 13.2. The molecule has 1 aromatic carbocycles. The third-order valence-electron chi connectivity index (χ3n) is 3.91. The predicted molar refractivity (Wildman–Crippen MR) is 74.3 cm³/mol. The lowest BCUT2D eigenvalue weighted by molar-refractivity contribution is -0.138. The first kappa shape index (κ1) is 15.9. The van der Waals surface area contributed by atoms with Crippen molar-refractivity contribution in [2.24, 2.45) is 0 Å². The second-order valence-electron chi connectivity index (χ2n) is 5.63. The molecule has 2 atom stereocenters. The lowest BCUT2D eigenvalue weighted by Gasteiger charge is -2.25. The van der Waals surface area contributed by atoms with Gasteiger partial charge in [0.05, 0.1) is 18.2 Å². The Morgan fingerprint density at radius 1 is 1.30 bits per heavy atom. The summed E-state index contributed by atoms with van der Waals surface area (Å²) in [6.45, 7) is 2.11. The Kier molecular flexibility index (Phi) is 4.11. The summed E-state index contributed by atoms with van der Waals surface area (Å²) in [5, 5.41) is 17.5. The van der Waals surface area contributed by atoms with Crippen LogP contribution >= 0.6 is 0 Å². The number of hydrogen-bond donors (Lipinski definition) is 1. The number of aliphatic hydroxyl groups is 1. The number of aliphatic hydroxyl groups excluding tert-OH is 1. The highest BCUT2D eigenvalue weighted by Crippen LogP contribution is 2.40. The van der Waals surface area contributed by atoms with E-state index >= 15 is 0 Å². The summed E-state index contributed by atoms with van der Waals surface area (Å²) in [6.07, 6.45) is -4.89. The average Bonchev–Trinajstić information content (AvgIpc) is 3.04. The van der Waals surface area contributed by atoms with Gasteiger partial charge in [-0.15, -0.1) is 10.2 Å². The van der Waals surface area contributed by atoms with Crippen LogP contribution < -0.4 is 0 Å². The Bertz CT molecular complexity index is 687. The first-order chi connectivity index (χ1) is 10.8.